The van der Waals surface area contributed by atoms with E-state index in [0.717, 1.165) is 44.3 Å². The lowest BCUT2D eigenvalue weighted by molar-refractivity contribution is -0.140. The highest BCUT2D eigenvalue weighted by Crippen LogP contribution is 2.36. The molecule has 1 unspecified atom stereocenters. The van der Waals surface area contributed by atoms with Crippen LogP contribution < -0.4 is 0 Å². The van der Waals surface area contributed by atoms with E-state index in [1.807, 2.05) is 55.5 Å². The zero-order chi connectivity index (χ0) is 20.5. The number of rotatable bonds is 6. The van der Waals surface area contributed by atoms with Gasteiger partial charge in [-0.3, -0.25) is 9.59 Å². The molecule has 0 fully saturated rings. The zero-order valence-corrected chi connectivity index (χ0v) is 16.3. The van der Waals surface area contributed by atoms with Crippen molar-refractivity contribution in [3.8, 4) is 0 Å². The number of carbonyl (C=O) groups excluding carboxylic acids is 1. The minimum Gasteiger partial charge on any atom is -0.481 e. The highest BCUT2D eigenvalue weighted by atomic mass is 16.5. The molecule has 2 heterocycles. The van der Waals surface area contributed by atoms with Crippen molar-refractivity contribution in [2.75, 3.05) is 7.11 Å². The van der Waals surface area contributed by atoms with Crippen molar-refractivity contribution in [2.45, 2.75) is 25.7 Å². The number of methoxy groups -OCH3 is 1. The number of aromatic nitrogens is 2. The Balaban J connectivity index is 1.90. The number of esters is 1. The van der Waals surface area contributed by atoms with Crippen LogP contribution in [0.25, 0.3) is 21.8 Å². The molecular weight excluding hydrogens is 368 g/mol. The predicted octanol–water partition coefficient (Wildman–Crippen LogP) is 4.14. The average Bonchev–Trinajstić information content (AvgIpc) is 3.26. The smallest absolute Gasteiger partial charge is 0.310 e. The molecule has 1 atom stereocenters. The molecule has 0 amide bonds. The van der Waals surface area contributed by atoms with Crippen molar-refractivity contribution in [2.24, 2.45) is 0 Å². The number of benzene rings is 2. The Hall–Kier alpha value is -3.54. The number of carboxylic acid groups (broad SMARTS) is 1. The van der Waals surface area contributed by atoms with Crippen LogP contribution in [-0.2, 0) is 27.2 Å². The molecule has 0 aliphatic carbocycles. The van der Waals surface area contributed by atoms with Gasteiger partial charge in [0.2, 0.25) is 0 Å². The summed E-state index contributed by atoms with van der Waals surface area (Å²) in [5.74, 6) is -1.36. The minimum absolute atomic E-state index is 0.0732. The van der Waals surface area contributed by atoms with Gasteiger partial charge in [-0.1, -0.05) is 43.3 Å². The van der Waals surface area contributed by atoms with Gasteiger partial charge < -0.3 is 19.8 Å². The summed E-state index contributed by atoms with van der Waals surface area (Å²) in [6, 6.07) is 15.5. The summed E-state index contributed by atoms with van der Waals surface area (Å²) in [6.07, 6.45) is 0.0743. The molecule has 148 valence electrons. The Morgan fingerprint density at radius 3 is 1.86 bits per heavy atom. The SMILES string of the molecule is COC(=O)Cc1c(C(C)c2[nH]c3ccccc3c2CC(=O)O)[nH]c2ccccc12. The number of carbonyl (C=O) groups is 2. The Kier molecular flexibility index (Phi) is 4.84. The van der Waals surface area contributed by atoms with Crippen LogP contribution in [0.1, 0.15) is 35.4 Å². The van der Waals surface area contributed by atoms with Crippen molar-refractivity contribution < 1.29 is 19.4 Å². The van der Waals surface area contributed by atoms with Gasteiger partial charge in [0, 0.05) is 39.1 Å². The van der Waals surface area contributed by atoms with Gasteiger partial charge in [-0.15, -0.1) is 0 Å². The van der Waals surface area contributed by atoms with E-state index in [0.29, 0.717) is 0 Å². The molecule has 2 aromatic heterocycles. The fourth-order valence-electron chi connectivity index (χ4n) is 4.07. The summed E-state index contributed by atoms with van der Waals surface area (Å²) in [5.41, 5.74) is 5.20. The van der Waals surface area contributed by atoms with E-state index in [-0.39, 0.29) is 24.7 Å². The van der Waals surface area contributed by atoms with Crippen LogP contribution in [-0.4, -0.2) is 34.1 Å². The molecule has 0 radical (unpaired) electrons. The lowest BCUT2D eigenvalue weighted by Gasteiger charge is -2.14. The summed E-state index contributed by atoms with van der Waals surface area (Å²) in [6.45, 7) is 2.02. The van der Waals surface area contributed by atoms with E-state index in [4.69, 9.17) is 4.74 Å². The number of aliphatic carboxylic acids is 1. The number of fused-ring (bicyclic) bond motifs is 2. The van der Waals surface area contributed by atoms with Crippen molar-refractivity contribution in [1.29, 1.82) is 0 Å². The van der Waals surface area contributed by atoms with Crippen molar-refractivity contribution in [3.63, 3.8) is 0 Å². The second kappa shape index (κ2) is 7.47. The van der Waals surface area contributed by atoms with Crippen LogP contribution in [0.15, 0.2) is 48.5 Å². The van der Waals surface area contributed by atoms with E-state index >= 15 is 0 Å². The molecule has 6 nitrogen and oxygen atoms in total. The standard InChI is InChI=1S/C23H22N2O4/c1-13(22-16(11-20(26)27)14-7-3-5-9-18(14)24-22)23-17(12-21(28)29-2)15-8-4-6-10-19(15)25-23/h3-10,13,24-25H,11-12H2,1-2H3,(H,26,27). The number of H-pyrrole nitrogens is 2. The van der Waals surface area contributed by atoms with E-state index < -0.39 is 5.97 Å². The molecule has 29 heavy (non-hydrogen) atoms. The Labute approximate surface area is 167 Å². The molecular formula is C23H22N2O4. The Bertz CT molecular complexity index is 1220. The van der Waals surface area contributed by atoms with Gasteiger partial charge in [-0.05, 0) is 23.3 Å². The van der Waals surface area contributed by atoms with Crippen LogP contribution in [0.2, 0.25) is 0 Å². The fourth-order valence-corrected chi connectivity index (χ4v) is 4.07. The van der Waals surface area contributed by atoms with Gasteiger partial charge in [0.25, 0.3) is 0 Å². The molecule has 0 saturated carbocycles. The van der Waals surface area contributed by atoms with Crippen molar-refractivity contribution in [3.05, 3.63) is 71.0 Å². The molecule has 4 rings (SSSR count). The number of para-hydroxylation sites is 2. The lowest BCUT2D eigenvalue weighted by atomic mass is 9.93. The van der Waals surface area contributed by atoms with Gasteiger partial charge >= 0.3 is 11.9 Å². The predicted molar refractivity (Wildman–Crippen MR) is 111 cm³/mol. The largest absolute Gasteiger partial charge is 0.481 e. The summed E-state index contributed by atoms with van der Waals surface area (Å²) in [5, 5.41) is 11.3. The first kappa shape index (κ1) is 18.8. The number of carboxylic acids is 1. The topological polar surface area (TPSA) is 95.2 Å². The third kappa shape index (κ3) is 3.38. The van der Waals surface area contributed by atoms with Gasteiger partial charge in [0.15, 0.2) is 0 Å². The lowest BCUT2D eigenvalue weighted by Crippen LogP contribution is -2.10. The summed E-state index contributed by atoms with van der Waals surface area (Å²) < 4.78 is 4.90. The molecule has 0 aliphatic rings. The average molecular weight is 390 g/mol. The maximum Gasteiger partial charge on any atom is 0.310 e. The van der Waals surface area contributed by atoms with Gasteiger partial charge in [0.05, 0.1) is 20.0 Å². The number of hydrogen-bond acceptors (Lipinski definition) is 3. The highest BCUT2D eigenvalue weighted by molar-refractivity contribution is 5.91. The van der Waals surface area contributed by atoms with Gasteiger partial charge in [-0.25, -0.2) is 0 Å². The van der Waals surface area contributed by atoms with Gasteiger partial charge in [-0.2, -0.15) is 0 Å². The second-order valence-electron chi connectivity index (χ2n) is 7.17. The summed E-state index contributed by atoms with van der Waals surface area (Å²) in [7, 11) is 1.38. The van der Waals surface area contributed by atoms with Crippen LogP contribution in [0.4, 0.5) is 0 Å². The Morgan fingerprint density at radius 2 is 1.38 bits per heavy atom. The number of aromatic amines is 2. The first-order valence-electron chi connectivity index (χ1n) is 9.47. The molecule has 0 spiro atoms. The molecule has 6 heteroatoms. The van der Waals surface area contributed by atoms with Crippen LogP contribution in [0.5, 0.6) is 0 Å². The number of hydrogen-bond donors (Lipinski definition) is 3. The molecule has 2 aromatic carbocycles. The van der Waals surface area contributed by atoms with Crippen molar-refractivity contribution in [1.82, 2.24) is 9.97 Å². The molecule has 3 N–H and O–H groups in total. The van der Waals surface area contributed by atoms with E-state index in [1.54, 1.807) is 0 Å². The number of nitrogens with one attached hydrogen (secondary N) is 2. The first-order valence-corrected chi connectivity index (χ1v) is 9.47. The maximum atomic E-state index is 12.1. The first-order chi connectivity index (χ1) is 14.0. The van der Waals surface area contributed by atoms with E-state index in [1.165, 1.54) is 7.11 Å². The maximum absolute atomic E-state index is 12.1. The molecule has 0 bridgehead atoms. The summed E-state index contributed by atoms with van der Waals surface area (Å²) >= 11 is 0. The minimum atomic E-state index is -0.880. The summed E-state index contributed by atoms with van der Waals surface area (Å²) in [4.78, 5) is 30.4. The third-order valence-corrected chi connectivity index (χ3v) is 5.44. The monoisotopic (exact) mass is 390 g/mol. The molecule has 0 aliphatic heterocycles. The normalized spacial score (nSPS) is 12.3. The van der Waals surface area contributed by atoms with Crippen LogP contribution >= 0.6 is 0 Å². The fraction of sp³-hybridized carbons (Fsp3) is 0.217. The number of ether oxygens (including phenoxy) is 1. The quantitative estimate of drug-likeness (QED) is 0.431. The third-order valence-electron chi connectivity index (χ3n) is 5.44. The molecule has 0 saturated heterocycles. The highest BCUT2D eigenvalue weighted by Gasteiger charge is 2.25. The second-order valence-corrected chi connectivity index (χ2v) is 7.17. The Morgan fingerprint density at radius 1 is 0.897 bits per heavy atom. The molecule has 4 aromatic rings. The van der Waals surface area contributed by atoms with E-state index in [9.17, 15) is 14.7 Å². The van der Waals surface area contributed by atoms with Gasteiger partial charge in [0.1, 0.15) is 0 Å². The zero-order valence-electron chi connectivity index (χ0n) is 16.3. The van der Waals surface area contributed by atoms with Crippen LogP contribution in [0, 0.1) is 0 Å². The van der Waals surface area contributed by atoms with Crippen LogP contribution in [0.3, 0.4) is 0 Å². The van der Waals surface area contributed by atoms with Crippen molar-refractivity contribution >= 4 is 33.7 Å². The van der Waals surface area contributed by atoms with E-state index in [2.05, 4.69) is 9.97 Å².